The highest BCUT2D eigenvalue weighted by atomic mass is 35.5. The molecule has 0 aromatic carbocycles. The number of carbonyl (C=O) groups excluding carboxylic acids is 1. The molecule has 3 rings (SSSR count). The lowest BCUT2D eigenvalue weighted by atomic mass is 10.1. The number of aromatic nitrogens is 3. The molecule has 0 spiro atoms. The minimum absolute atomic E-state index is 0. The molecule has 8 nitrogen and oxygen atoms in total. The van der Waals surface area contributed by atoms with Gasteiger partial charge in [-0.2, -0.15) is 0 Å². The van der Waals surface area contributed by atoms with Gasteiger partial charge in [0.15, 0.2) is 0 Å². The van der Waals surface area contributed by atoms with Crippen molar-refractivity contribution in [2.24, 2.45) is 0 Å². The molecule has 3 heterocycles. The van der Waals surface area contributed by atoms with Crippen molar-refractivity contribution in [1.82, 2.24) is 25.6 Å². The van der Waals surface area contributed by atoms with Crippen molar-refractivity contribution >= 4 is 41.8 Å². The van der Waals surface area contributed by atoms with Crippen molar-refractivity contribution in [3.8, 4) is 0 Å². The van der Waals surface area contributed by atoms with Gasteiger partial charge in [-0.1, -0.05) is 0 Å². The lowest BCUT2D eigenvalue weighted by Gasteiger charge is -2.23. The van der Waals surface area contributed by atoms with Gasteiger partial charge in [-0.25, -0.2) is 9.78 Å². The van der Waals surface area contributed by atoms with Gasteiger partial charge >= 0.3 is 5.69 Å². The molecule has 24 heavy (non-hydrogen) atoms. The number of nitrogens with one attached hydrogen (secondary N) is 4. The fraction of sp³-hybridized carbons (Fsp3) is 0.429. The van der Waals surface area contributed by atoms with Gasteiger partial charge in [0, 0.05) is 6.04 Å². The molecule has 0 bridgehead atoms. The number of aromatic amines is 2. The molecule has 10 heteroatoms. The van der Waals surface area contributed by atoms with Crippen LogP contribution in [-0.4, -0.2) is 40.0 Å². The Kier molecular flexibility index (Phi) is 6.94. The Morgan fingerprint density at radius 1 is 1.21 bits per heavy atom. The third-order valence-electron chi connectivity index (χ3n) is 3.81. The summed E-state index contributed by atoms with van der Waals surface area (Å²) in [7, 11) is 0. The van der Waals surface area contributed by atoms with Crippen LogP contribution in [0.4, 0.5) is 0 Å². The van der Waals surface area contributed by atoms with Gasteiger partial charge in [0.05, 0.1) is 5.39 Å². The summed E-state index contributed by atoms with van der Waals surface area (Å²) in [6.07, 6.45) is 1.74. The average Bonchev–Trinajstić information content (AvgIpc) is 2.47. The minimum Gasteiger partial charge on any atom is -0.348 e. The molecule has 0 unspecified atom stereocenters. The summed E-state index contributed by atoms with van der Waals surface area (Å²) >= 11 is 0. The van der Waals surface area contributed by atoms with Crippen LogP contribution in [0.15, 0.2) is 15.7 Å². The van der Waals surface area contributed by atoms with Gasteiger partial charge in [-0.3, -0.25) is 19.6 Å². The van der Waals surface area contributed by atoms with E-state index in [0.717, 1.165) is 25.9 Å². The van der Waals surface area contributed by atoms with E-state index < -0.39 is 11.2 Å². The molecule has 132 valence electrons. The highest BCUT2D eigenvalue weighted by molar-refractivity contribution is 5.95. The van der Waals surface area contributed by atoms with Crippen LogP contribution >= 0.6 is 24.8 Å². The van der Waals surface area contributed by atoms with Gasteiger partial charge in [0.2, 0.25) is 0 Å². The van der Waals surface area contributed by atoms with Crippen molar-refractivity contribution < 1.29 is 4.79 Å². The first-order chi connectivity index (χ1) is 10.5. The Morgan fingerprint density at radius 3 is 2.54 bits per heavy atom. The van der Waals surface area contributed by atoms with Crippen molar-refractivity contribution in [2.75, 3.05) is 13.1 Å². The Morgan fingerprint density at radius 2 is 1.88 bits per heavy atom. The molecule has 2 aromatic rings. The number of pyridine rings is 1. The standard InChI is InChI=1S/C14H17N5O3.2ClH/c1-7-6-9(12(20)16-8-2-4-15-5-3-8)17-11-10(7)13(21)19-14(22)18-11;;/h6,8,15H,2-5H2,1H3,(H,16,20)(H2,17,18,19,21,22);2*1H. The van der Waals surface area contributed by atoms with Crippen LogP contribution in [0.25, 0.3) is 11.0 Å². The van der Waals surface area contributed by atoms with Crippen LogP contribution in [0.1, 0.15) is 28.9 Å². The number of hydrogen-bond donors (Lipinski definition) is 4. The summed E-state index contributed by atoms with van der Waals surface area (Å²) in [6.45, 7) is 3.45. The number of H-pyrrole nitrogens is 2. The van der Waals surface area contributed by atoms with Gasteiger partial charge in [-0.05, 0) is 44.5 Å². The lowest BCUT2D eigenvalue weighted by Crippen LogP contribution is -2.43. The van der Waals surface area contributed by atoms with Gasteiger partial charge in [0.1, 0.15) is 11.3 Å². The molecule has 1 saturated heterocycles. The zero-order valence-corrected chi connectivity index (χ0v) is 14.6. The first-order valence-electron chi connectivity index (χ1n) is 7.20. The van der Waals surface area contributed by atoms with E-state index in [-0.39, 0.29) is 53.5 Å². The van der Waals surface area contributed by atoms with E-state index in [1.54, 1.807) is 13.0 Å². The second-order valence-corrected chi connectivity index (χ2v) is 5.45. The largest absolute Gasteiger partial charge is 0.348 e. The fourth-order valence-corrected chi connectivity index (χ4v) is 2.70. The third-order valence-corrected chi connectivity index (χ3v) is 3.81. The number of aryl methyl sites for hydroxylation is 1. The Hall–Kier alpha value is -1.90. The Bertz CT molecular complexity index is 842. The summed E-state index contributed by atoms with van der Waals surface area (Å²) in [4.78, 5) is 44.2. The van der Waals surface area contributed by atoms with Crippen molar-refractivity contribution in [3.05, 3.63) is 38.2 Å². The maximum atomic E-state index is 12.3. The number of fused-ring (bicyclic) bond motifs is 1. The topological polar surface area (TPSA) is 120 Å². The molecule has 1 aliphatic rings. The minimum atomic E-state index is -0.639. The highest BCUT2D eigenvalue weighted by Gasteiger charge is 2.18. The van der Waals surface area contributed by atoms with Crippen molar-refractivity contribution in [1.29, 1.82) is 0 Å². The fourth-order valence-electron chi connectivity index (χ4n) is 2.70. The number of nitrogens with zero attached hydrogens (tertiary/aromatic N) is 1. The molecule has 1 amide bonds. The molecular formula is C14H19Cl2N5O3. The molecule has 1 fully saturated rings. The van der Waals surface area contributed by atoms with Crippen LogP contribution in [0.3, 0.4) is 0 Å². The Labute approximate surface area is 149 Å². The lowest BCUT2D eigenvalue weighted by molar-refractivity contribution is 0.0924. The molecule has 1 aliphatic heterocycles. The molecule has 0 saturated carbocycles. The monoisotopic (exact) mass is 375 g/mol. The summed E-state index contributed by atoms with van der Waals surface area (Å²) in [6, 6.07) is 1.68. The average molecular weight is 376 g/mol. The van der Waals surface area contributed by atoms with E-state index in [1.807, 2.05) is 0 Å². The smallest absolute Gasteiger partial charge is 0.327 e. The van der Waals surface area contributed by atoms with E-state index in [2.05, 4.69) is 25.6 Å². The summed E-state index contributed by atoms with van der Waals surface area (Å²) < 4.78 is 0. The normalized spacial score (nSPS) is 14.5. The van der Waals surface area contributed by atoms with Gasteiger partial charge < -0.3 is 10.6 Å². The molecule has 0 aliphatic carbocycles. The number of piperidine rings is 1. The summed E-state index contributed by atoms with van der Waals surface area (Å²) in [5, 5.41) is 6.46. The predicted molar refractivity (Wildman–Crippen MR) is 95.6 cm³/mol. The van der Waals surface area contributed by atoms with Crippen LogP contribution in [0.5, 0.6) is 0 Å². The first-order valence-corrected chi connectivity index (χ1v) is 7.20. The quantitative estimate of drug-likeness (QED) is 0.599. The van der Waals surface area contributed by atoms with Crippen LogP contribution in [-0.2, 0) is 0 Å². The zero-order valence-electron chi connectivity index (χ0n) is 13.0. The number of rotatable bonds is 2. The van der Waals surface area contributed by atoms with Gasteiger partial charge in [-0.15, -0.1) is 24.8 Å². The number of carbonyl (C=O) groups is 1. The maximum Gasteiger partial charge on any atom is 0.327 e. The van der Waals surface area contributed by atoms with Crippen molar-refractivity contribution in [2.45, 2.75) is 25.8 Å². The maximum absolute atomic E-state index is 12.3. The Balaban J connectivity index is 0.00000144. The summed E-state index contributed by atoms with van der Waals surface area (Å²) in [5.41, 5.74) is -0.221. The molecule has 2 aromatic heterocycles. The third kappa shape index (κ3) is 4.14. The molecule has 4 N–H and O–H groups in total. The number of amides is 1. The predicted octanol–water partition coefficient (Wildman–Crippen LogP) is 0.245. The molecule has 0 atom stereocenters. The SMILES string of the molecule is Cc1cc(C(=O)NC2CCNCC2)nc2[nH]c(=O)[nH]c(=O)c12.Cl.Cl. The molecular weight excluding hydrogens is 357 g/mol. The van der Waals surface area contributed by atoms with E-state index in [9.17, 15) is 14.4 Å². The number of halogens is 2. The van der Waals surface area contributed by atoms with Crippen LogP contribution in [0.2, 0.25) is 0 Å². The van der Waals surface area contributed by atoms with Gasteiger partial charge in [0.25, 0.3) is 11.5 Å². The second-order valence-electron chi connectivity index (χ2n) is 5.45. The van der Waals surface area contributed by atoms with Crippen LogP contribution < -0.4 is 21.9 Å². The number of hydrogen-bond acceptors (Lipinski definition) is 5. The highest BCUT2D eigenvalue weighted by Crippen LogP contribution is 2.11. The summed E-state index contributed by atoms with van der Waals surface area (Å²) in [5.74, 6) is -0.293. The van der Waals surface area contributed by atoms with E-state index in [4.69, 9.17) is 0 Å². The van der Waals surface area contributed by atoms with E-state index in [1.165, 1.54) is 0 Å². The van der Waals surface area contributed by atoms with E-state index >= 15 is 0 Å². The zero-order chi connectivity index (χ0) is 15.7. The van der Waals surface area contributed by atoms with Crippen LogP contribution in [0, 0.1) is 6.92 Å². The first kappa shape index (κ1) is 20.1. The molecule has 0 radical (unpaired) electrons. The second kappa shape index (κ2) is 8.27. The van der Waals surface area contributed by atoms with Crippen molar-refractivity contribution in [3.63, 3.8) is 0 Å². The van der Waals surface area contributed by atoms with E-state index in [0.29, 0.717) is 5.56 Å².